The fourth-order valence-corrected chi connectivity index (χ4v) is 1.39. The Morgan fingerprint density at radius 3 is 2.28 bits per heavy atom. The number of carbonyl (C=O) groups excluding carboxylic acids is 1. The Bertz CT molecular complexity index is 375. The van der Waals surface area contributed by atoms with Crippen molar-refractivity contribution in [2.24, 2.45) is 5.73 Å². The second-order valence-corrected chi connectivity index (χ2v) is 4.56. The van der Waals surface area contributed by atoms with Gasteiger partial charge in [0.05, 0.1) is 0 Å². The molecule has 0 atom stereocenters. The maximum atomic E-state index is 11.9. The molecule has 18 heavy (non-hydrogen) atoms. The van der Waals surface area contributed by atoms with Gasteiger partial charge >= 0.3 is 6.03 Å². The van der Waals surface area contributed by atoms with Crippen molar-refractivity contribution in [1.82, 2.24) is 9.80 Å². The minimum atomic E-state index is -0.0997. The van der Waals surface area contributed by atoms with Crippen molar-refractivity contribution in [3.05, 3.63) is 29.8 Å². The third-order valence-corrected chi connectivity index (χ3v) is 2.67. The highest BCUT2D eigenvalue weighted by Gasteiger charge is 2.08. The summed E-state index contributed by atoms with van der Waals surface area (Å²) < 4.78 is 0. The van der Waals surface area contributed by atoms with Crippen molar-refractivity contribution in [1.29, 1.82) is 0 Å². The molecule has 100 valence electrons. The summed E-state index contributed by atoms with van der Waals surface area (Å²) in [6.07, 6.45) is 0. The third-order valence-electron chi connectivity index (χ3n) is 2.67. The number of nitrogens with one attached hydrogen (secondary N) is 1. The van der Waals surface area contributed by atoms with E-state index in [9.17, 15) is 4.79 Å². The quantitative estimate of drug-likeness (QED) is 0.824. The molecule has 1 aromatic carbocycles. The molecular weight excluding hydrogens is 228 g/mol. The normalized spacial score (nSPS) is 10.5. The van der Waals surface area contributed by atoms with Crippen LogP contribution in [0, 0.1) is 0 Å². The van der Waals surface area contributed by atoms with E-state index >= 15 is 0 Å². The average molecular weight is 250 g/mol. The molecule has 5 nitrogen and oxygen atoms in total. The number of anilines is 1. The van der Waals surface area contributed by atoms with Crippen LogP contribution in [0.5, 0.6) is 0 Å². The fraction of sp³-hybridized carbons (Fsp3) is 0.462. The van der Waals surface area contributed by atoms with Gasteiger partial charge in [-0.05, 0) is 31.8 Å². The number of urea groups is 1. The van der Waals surface area contributed by atoms with Crippen molar-refractivity contribution in [3.8, 4) is 0 Å². The average Bonchev–Trinajstić information content (AvgIpc) is 2.36. The van der Waals surface area contributed by atoms with E-state index < -0.39 is 0 Å². The third kappa shape index (κ3) is 4.73. The number of rotatable bonds is 5. The van der Waals surface area contributed by atoms with Gasteiger partial charge in [-0.2, -0.15) is 0 Å². The summed E-state index contributed by atoms with van der Waals surface area (Å²) >= 11 is 0. The molecule has 1 aromatic rings. The number of likely N-dealkylation sites (N-methyl/N-ethyl adjacent to an activating group) is 2. The molecule has 0 heterocycles. The minimum Gasteiger partial charge on any atom is -0.326 e. The van der Waals surface area contributed by atoms with Crippen molar-refractivity contribution < 1.29 is 4.79 Å². The van der Waals surface area contributed by atoms with E-state index in [0.717, 1.165) is 17.8 Å². The lowest BCUT2D eigenvalue weighted by Gasteiger charge is -2.20. The SMILES string of the molecule is CN(C)CCN(C)C(=O)Nc1ccc(CN)cc1. The van der Waals surface area contributed by atoms with E-state index in [2.05, 4.69) is 5.32 Å². The standard InChI is InChI=1S/C13H22N4O/c1-16(2)8-9-17(3)13(18)15-12-6-4-11(10-14)5-7-12/h4-7H,8-10,14H2,1-3H3,(H,15,18). The molecule has 0 radical (unpaired) electrons. The number of amides is 2. The predicted octanol–water partition coefficient (Wildman–Crippen LogP) is 1.17. The van der Waals surface area contributed by atoms with E-state index in [4.69, 9.17) is 5.73 Å². The molecule has 2 amide bonds. The highest BCUT2D eigenvalue weighted by molar-refractivity contribution is 5.89. The smallest absolute Gasteiger partial charge is 0.321 e. The van der Waals surface area contributed by atoms with Gasteiger partial charge < -0.3 is 20.9 Å². The first kappa shape index (κ1) is 14.5. The lowest BCUT2D eigenvalue weighted by molar-refractivity contribution is 0.217. The summed E-state index contributed by atoms with van der Waals surface area (Å²) in [5.41, 5.74) is 7.35. The number of nitrogens with two attached hydrogens (primary N) is 1. The van der Waals surface area contributed by atoms with Crippen LogP contribution in [-0.4, -0.2) is 50.1 Å². The Kier molecular flexibility index (Phi) is 5.61. The van der Waals surface area contributed by atoms with Crippen LogP contribution in [0.25, 0.3) is 0 Å². The van der Waals surface area contributed by atoms with Crippen LogP contribution in [-0.2, 0) is 6.54 Å². The highest BCUT2D eigenvalue weighted by Crippen LogP contribution is 2.09. The molecular formula is C13H22N4O. The molecule has 0 fully saturated rings. The Morgan fingerprint density at radius 1 is 1.17 bits per heavy atom. The first-order chi connectivity index (χ1) is 8.52. The van der Waals surface area contributed by atoms with Gasteiger partial charge in [0.2, 0.25) is 0 Å². The number of carbonyl (C=O) groups is 1. The largest absolute Gasteiger partial charge is 0.326 e. The molecule has 0 bridgehead atoms. The molecule has 3 N–H and O–H groups in total. The molecule has 0 aliphatic rings. The number of nitrogens with zero attached hydrogens (tertiary/aromatic N) is 2. The second-order valence-electron chi connectivity index (χ2n) is 4.56. The first-order valence-corrected chi connectivity index (χ1v) is 5.98. The van der Waals surface area contributed by atoms with Gasteiger partial charge in [0.25, 0.3) is 0 Å². The van der Waals surface area contributed by atoms with Gasteiger partial charge in [0.15, 0.2) is 0 Å². The summed E-state index contributed by atoms with van der Waals surface area (Å²) in [4.78, 5) is 15.6. The van der Waals surface area contributed by atoms with E-state index in [0.29, 0.717) is 13.1 Å². The number of hydrogen-bond donors (Lipinski definition) is 2. The summed E-state index contributed by atoms with van der Waals surface area (Å²) in [6, 6.07) is 7.45. The van der Waals surface area contributed by atoms with Gasteiger partial charge in [-0.15, -0.1) is 0 Å². The minimum absolute atomic E-state index is 0.0997. The van der Waals surface area contributed by atoms with Gasteiger partial charge in [-0.3, -0.25) is 0 Å². The van der Waals surface area contributed by atoms with Gasteiger partial charge in [-0.1, -0.05) is 12.1 Å². The van der Waals surface area contributed by atoms with Gasteiger partial charge in [0, 0.05) is 32.4 Å². The molecule has 0 spiro atoms. The Hall–Kier alpha value is -1.59. The topological polar surface area (TPSA) is 61.6 Å². The van der Waals surface area contributed by atoms with E-state index in [1.807, 2.05) is 43.3 Å². The predicted molar refractivity (Wildman–Crippen MR) is 74.5 cm³/mol. The molecule has 0 unspecified atom stereocenters. The lowest BCUT2D eigenvalue weighted by Crippen LogP contribution is -2.36. The van der Waals surface area contributed by atoms with Crippen molar-refractivity contribution in [2.45, 2.75) is 6.54 Å². The molecule has 0 aromatic heterocycles. The van der Waals surface area contributed by atoms with Crippen molar-refractivity contribution in [2.75, 3.05) is 39.5 Å². The Labute approximate surface area is 109 Å². The summed E-state index contributed by atoms with van der Waals surface area (Å²) in [6.45, 7) is 2.05. The Morgan fingerprint density at radius 2 is 1.78 bits per heavy atom. The fourth-order valence-electron chi connectivity index (χ4n) is 1.39. The zero-order valence-electron chi connectivity index (χ0n) is 11.3. The monoisotopic (exact) mass is 250 g/mol. The van der Waals surface area contributed by atoms with Crippen molar-refractivity contribution in [3.63, 3.8) is 0 Å². The van der Waals surface area contributed by atoms with Crippen molar-refractivity contribution >= 4 is 11.7 Å². The van der Waals surface area contributed by atoms with Crippen LogP contribution < -0.4 is 11.1 Å². The Balaban J connectivity index is 2.47. The molecule has 5 heteroatoms. The van der Waals surface area contributed by atoms with Crippen LogP contribution in [0.4, 0.5) is 10.5 Å². The first-order valence-electron chi connectivity index (χ1n) is 5.98. The zero-order valence-corrected chi connectivity index (χ0v) is 11.3. The number of hydrogen-bond acceptors (Lipinski definition) is 3. The summed E-state index contributed by atoms with van der Waals surface area (Å²) in [5.74, 6) is 0. The molecule has 0 saturated heterocycles. The van der Waals surface area contributed by atoms with Crippen LogP contribution in [0.3, 0.4) is 0 Å². The van der Waals surface area contributed by atoms with Gasteiger partial charge in [0.1, 0.15) is 0 Å². The summed E-state index contributed by atoms with van der Waals surface area (Å²) in [7, 11) is 5.75. The summed E-state index contributed by atoms with van der Waals surface area (Å²) in [5, 5.41) is 2.84. The number of benzene rings is 1. The highest BCUT2D eigenvalue weighted by atomic mass is 16.2. The lowest BCUT2D eigenvalue weighted by atomic mass is 10.2. The molecule has 0 aliphatic heterocycles. The van der Waals surface area contributed by atoms with E-state index in [-0.39, 0.29) is 6.03 Å². The van der Waals surface area contributed by atoms with E-state index in [1.165, 1.54) is 0 Å². The van der Waals surface area contributed by atoms with E-state index in [1.54, 1.807) is 11.9 Å². The van der Waals surface area contributed by atoms with Crippen LogP contribution in [0.1, 0.15) is 5.56 Å². The molecule has 0 saturated carbocycles. The molecule has 1 rings (SSSR count). The second kappa shape index (κ2) is 6.98. The molecule has 0 aliphatic carbocycles. The van der Waals surface area contributed by atoms with Crippen LogP contribution in [0.2, 0.25) is 0 Å². The zero-order chi connectivity index (χ0) is 13.5. The van der Waals surface area contributed by atoms with Crippen LogP contribution in [0.15, 0.2) is 24.3 Å². The van der Waals surface area contributed by atoms with Gasteiger partial charge in [-0.25, -0.2) is 4.79 Å². The maximum absolute atomic E-state index is 11.9. The van der Waals surface area contributed by atoms with Crippen LogP contribution >= 0.6 is 0 Å². The maximum Gasteiger partial charge on any atom is 0.321 e.